The van der Waals surface area contributed by atoms with Gasteiger partial charge in [-0.1, -0.05) is 24.3 Å². The van der Waals surface area contributed by atoms with Gasteiger partial charge in [0.25, 0.3) is 0 Å². The lowest BCUT2D eigenvalue weighted by atomic mass is 10.0. The number of fused-ring (bicyclic) bond motifs is 1. The number of carbonyl (C=O) groups is 1. The summed E-state index contributed by atoms with van der Waals surface area (Å²) < 4.78 is 12.2. The molecule has 3 aromatic carbocycles. The third kappa shape index (κ3) is 4.25. The largest absolute Gasteiger partial charge is 0.497 e. The van der Waals surface area contributed by atoms with Crippen molar-refractivity contribution >= 4 is 22.5 Å². The Morgan fingerprint density at radius 3 is 2.52 bits per heavy atom. The zero-order chi connectivity index (χ0) is 21.8. The molecule has 0 saturated carbocycles. The number of aromatic nitrogens is 2. The number of benzene rings is 3. The molecule has 0 unspecified atom stereocenters. The lowest BCUT2D eigenvalue weighted by Gasteiger charge is -2.13. The Morgan fingerprint density at radius 2 is 1.77 bits per heavy atom. The van der Waals surface area contributed by atoms with Gasteiger partial charge in [-0.15, -0.1) is 0 Å². The maximum Gasteiger partial charge on any atom is 0.246 e. The molecule has 156 valence electrons. The van der Waals surface area contributed by atoms with Gasteiger partial charge in [0, 0.05) is 16.6 Å². The van der Waals surface area contributed by atoms with Gasteiger partial charge in [-0.25, -0.2) is 0 Å². The van der Waals surface area contributed by atoms with Crippen molar-refractivity contribution in [1.29, 1.82) is 0 Å². The lowest BCUT2D eigenvalue weighted by molar-refractivity contribution is -0.116. The molecule has 0 spiro atoms. The fraction of sp³-hybridized carbons (Fsp3) is 0.125. The van der Waals surface area contributed by atoms with Crippen LogP contribution in [-0.2, 0) is 11.3 Å². The average Bonchev–Trinajstić information content (AvgIpc) is 2.81. The molecule has 1 aromatic heterocycles. The molecule has 7 nitrogen and oxygen atoms in total. The molecule has 0 saturated heterocycles. The Bertz CT molecular complexity index is 1300. The van der Waals surface area contributed by atoms with Crippen LogP contribution < -0.4 is 20.2 Å². The number of anilines is 1. The maximum absolute atomic E-state index is 12.7. The van der Waals surface area contributed by atoms with Gasteiger partial charge in [-0.05, 0) is 48.0 Å². The first-order valence-electron chi connectivity index (χ1n) is 9.66. The monoisotopic (exact) mass is 415 g/mol. The van der Waals surface area contributed by atoms with E-state index in [2.05, 4.69) is 10.4 Å². The molecule has 0 aliphatic heterocycles. The van der Waals surface area contributed by atoms with Crippen molar-refractivity contribution in [2.45, 2.75) is 6.54 Å². The summed E-state index contributed by atoms with van der Waals surface area (Å²) in [5.41, 5.74) is 2.84. The summed E-state index contributed by atoms with van der Waals surface area (Å²) in [5, 5.41) is 7.53. The summed E-state index contributed by atoms with van der Waals surface area (Å²) in [7, 11) is 3.22. The minimum atomic E-state index is -0.257. The molecule has 4 rings (SSSR count). The van der Waals surface area contributed by atoms with E-state index < -0.39 is 0 Å². The molecule has 0 aliphatic carbocycles. The second-order valence-electron chi connectivity index (χ2n) is 6.88. The SMILES string of the molecule is COc1ccc(-c2cc(NC(=O)Cn3ncc(=O)c4ccccc43)ccc2OC)cc1. The number of ether oxygens (including phenoxy) is 2. The number of rotatable bonds is 6. The summed E-state index contributed by atoms with van der Waals surface area (Å²) >= 11 is 0. The van der Waals surface area contributed by atoms with E-state index >= 15 is 0 Å². The van der Waals surface area contributed by atoms with Crippen molar-refractivity contribution < 1.29 is 14.3 Å². The first kappa shape index (κ1) is 20.2. The predicted octanol–water partition coefficient (Wildman–Crippen LogP) is 3.72. The van der Waals surface area contributed by atoms with Crippen LogP contribution in [-0.4, -0.2) is 29.9 Å². The highest BCUT2D eigenvalue weighted by Crippen LogP contribution is 2.33. The van der Waals surface area contributed by atoms with E-state index in [0.717, 1.165) is 16.9 Å². The van der Waals surface area contributed by atoms with Crippen molar-refractivity contribution in [2.75, 3.05) is 19.5 Å². The van der Waals surface area contributed by atoms with Crippen LogP contribution in [0.4, 0.5) is 5.69 Å². The van der Waals surface area contributed by atoms with Crippen LogP contribution in [0.2, 0.25) is 0 Å². The molecule has 0 aliphatic rings. The van der Waals surface area contributed by atoms with Gasteiger partial charge in [-0.3, -0.25) is 14.3 Å². The summed E-state index contributed by atoms with van der Waals surface area (Å²) in [6.07, 6.45) is 1.23. The van der Waals surface area contributed by atoms with E-state index in [1.807, 2.05) is 42.5 Å². The second kappa shape index (κ2) is 8.71. The van der Waals surface area contributed by atoms with Crippen molar-refractivity contribution in [2.24, 2.45) is 0 Å². The molecule has 1 amide bonds. The molecule has 31 heavy (non-hydrogen) atoms. The number of nitrogens with one attached hydrogen (secondary N) is 1. The number of amides is 1. The van der Waals surface area contributed by atoms with Crippen molar-refractivity contribution in [3.05, 3.63) is 83.2 Å². The molecule has 1 heterocycles. The smallest absolute Gasteiger partial charge is 0.246 e. The van der Waals surface area contributed by atoms with Crippen molar-refractivity contribution in [1.82, 2.24) is 9.78 Å². The van der Waals surface area contributed by atoms with Crippen LogP contribution in [0.3, 0.4) is 0 Å². The third-order valence-corrected chi connectivity index (χ3v) is 4.94. The van der Waals surface area contributed by atoms with Gasteiger partial charge in [0.2, 0.25) is 11.3 Å². The minimum absolute atomic E-state index is 0.0231. The number of nitrogens with zero attached hydrogens (tertiary/aromatic N) is 2. The van der Waals surface area contributed by atoms with Crippen LogP contribution in [0.1, 0.15) is 0 Å². The highest BCUT2D eigenvalue weighted by atomic mass is 16.5. The van der Waals surface area contributed by atoms with E-state index in [1.54, 1.807) is 38.5 Å². The first-order chi connectivity index (χ1) is 15.1. The predicted molar refractivity (Wildman–Crippen MR) is 120 cm³/mol. The van der Waals surface area contributed by atoms with E-state index in [9.17, 15) is 9.59 Å². The van der Waals surface area contributed by atoms with E-state index in [-0.39, 0.29) is 17.9 Å². The van der Waals surface area contributed by atoms with Gasteiger partial charge in [-0.2, -0.15) is 5.10 Å². The number of hydrogen-bond donors (Lipinski definition) is 1. The number of methoxy groups -OCH3 is 2. The van der Waals surface area contributed by atoms with E-state index in [1.165, 1.54) is 10.9 Å². The van der Waals surface area contributed by atoms with E-state index in [0.29, 0.717) is 22.3 Å². The summed E-state index contributed by atoms with van der Waals surface area (Å²) in [6, 6.07) is 20.1. The summed E-state index contributed by atoms with van der Waals surface area (Å²) in [6.45, 7) is -0.0231. The zero-order valence-electron chi connectivity index (χ0n) is 17.2. The molecule has 1 N–H and O–H groups in total. The zero-order valence-corrected chi connectivity index (χ0v) is 17.2. The molecule has 7 heteroatoms. The quantitative estimate of drug-likeness (QED) is 0.519. The van der Waals surface area contributed by atoms with Crippen LogP contribution in [0.15, 0.2) is 77.7 Å². The van der Waals surface area contributed by atoms with Gasteiger partial charge in [0.05, 0.1) is 25.9 Å². The van der Waals surface area contributed by atoms with Crippen molar-refractivity contribution in [3.8, 4) is 22.6 Å². The summed E-state index contributed by atoms with van der Waals surface area (Å²) in [5.74, 6) is 1.19. The number of para-hydroxylation sites is 1. The molecule has 0 bridgehead atoms. The van der Waals surface area contributed by atoms with Crippen molar-refractivity contribution in [3.63, 3.8) is 0 Å². The lowest BCUT2D eigenvalue weighted by Crippen LogP contribution is -2.22. The number of carbonyl (C=O) groups excluding carboxylic acids is 1. The van der Waals surface area contributed by atoms with Gasteiger partial charge in [0.15, 0.2) is 0 Å². The Hall–Kier alpha value is -4.13. The molecular formula is C24H21N3O4. The first-order valence-corrected chi connectivity index (χ1v) is 9.66. The molecule has 0 radical (unpaired) electrons. The maximum atomic E-state index is 12.7. The highest BCUT2D eigenvalue weighted by Gasteiger charge is 2.11. The fourth-order valence-corrected chi connectivity index (χ4v) is 3.41. The Morgan fingerprint density at radius 1 is 1.00 bits per heavy atom. The van der Waals surface area contributed by atoms with Crippen LogP contribution >= 0.6 is 0 Å². The second-order valence-corrected chi connectivity index (χ2v) is 6.88. The molecule has 4 aromatic rings. The molecular weight excluding hydrogens is 394 g/mol. The Balaban J connectivity index is 1.59. The topological polar surface area (TPSA) is 82.5 Å². The molecule has 0 atom stereocenters. The standard InChI is InChI=1S/C24H21N3O4/c1-30-18-10-7-16(8-11-18)20-13-17(9-12-23(20)31-2)26-24(29)15-27-21-6-4-3-5-19(21)22(28)14-25-27/h3-14H,15H2,1-2H3,(H,26,29). The van der Waals surface area contributed by atoms with Gasteiger partial charge in [0.1, 0.15) is 18.0 Å². The minimum Gasteiger partial charge on any atom is -0.497 e. The number of hydrogen-bond acceptors (Lipinski definition) is 5. The summed E-state index contributed by atoms with van der Waals surface area (Å²) in [4.78, 5) is 24.7. The van der Waals surface area contributed by atoms with Crippen LogP contribution in [0, 0.1) is 0 Å². The van der Waals surface area contributed by atoms with Gasteiger partial charge < -0.3 is 14.8 Å². The van der Waals surface area contributed by atoms with Crippen LogP contribution in [0.25, 0.3) is 22.0 Å². The Labute approximate surface area is 178 Å². The molecule has 0 fully saturated rings. The van der Waals surface area contributed by atoms with E-state index in [4.69, 9.17) is 9.47 Å². The fourth-order valence-electron chi connectivity index (χ4n) is 3.41. The average molecular weight is 415 g/mol. The van der Waals surface area contributed by atoms with Gasteiger partial charge >= 0.3 is 0 Å². The third-order valence-electron chi connectivity index (χ3n) is 4.94. The normalized spacial score (nSPS) is 10.6. The Kier molecular flexibility index (Phi) is 5.66. The highest BCUT2D eigenvalue weighted by molar-refractivity contribution is 5.92. The van der Waals surface area contributed by atoms with Crippen LogP contribution in [0.5, 0.6) is 11.5 Å².